The van der Waals surface area contributed by atoms with Gasteiger partial charge in [0.1, 0.15) is 0 Å². The Balaban J connectivity index is 1.94. The van der Waals surface area contributed by atoms with Crippen LogP contribution in [0.2, 0.25) is 5.22 Å². The lowest BCUT2D eigenvalue weighted by atomic mass is 10.2. The van der Waals surface area contributed by atoms with E-state index in [-0.39, 0.29) is 23.1 Å². The highest BCUT2D eigenvalue weighted by atomic mass is 35.5. The monoisotopic (exact) mass is 321 g/mol. The van der Waals surface area contributed by atoms with E-state index in [1.807, 2.05) is 13.8 Å². The number of furan rings is 1. The smallest absolute Gasteiger partial charge is 0.319 e. The molecule has 1 heterocycles. The number of nitrogens with one attached hydrogen (secondary N) is 3. The van der Waals surface area contributed by atoms with Crippen LogP contribution < -0.4 is 16.0 Å². The highest BCUT2D eigenvalue weighted by Gasteiger charge is 2.11. The molecule has 0 aliphatic rings. The van der Waals surface area contributed by atoms with Crippen molar-refractivity contribution in [3.63, 3.8) is 0 Å². The zero-order chi connectivity index (χ0) is 16.1. The first-order chi connectivity index (χ1) is 10.4. The number of rotatable bonds is 4. The molecule has 0 radical (unpaired) electrons. The van der Waals surface area contributed by atoms with Crippen molar-refractivity contribution >= 4 is 34.9 Å². The van der Waals surface area contributed by atoms with Gasteiger partial charge >= 0.3 is 6.03 Å². The van der Waals surface area contributed by atoms with Crippen molar-refractivity contribution in [2.75, 3.05) is 10.6 Å². The number of halogens is 1. The molecule has 3 N–H and O–H groups in total. The number of carbonyl (C=O) groups is 2. The van der Waals surface area contributed by atoms with Crippen molar-refractivity contribution in [1.82, 2.24) is 5.32 Å². The van der Waals surface area contributed by atoms with Gasteiger partial charge in [0.15, 0.2) is 11.0 Å². The second-order valence-electron chi connectivity index (χ2n) is 4.89. The van der Waals surface area contributed by atoms with Crippen molar-refractivity contribution < 1.29 is 14.0 Å². The van der Waals surface area contributed by atoms with Gasteiger partial charge in [-0.15, -0.1) is 0 Å². The maximum Gasteiger partial charge on any atom is 0.319 e. The van der Waals surface area contributed by atoms with Crippen LogP contribution in [-0.2, 0) is 0 Å². The molecular formula is C15H16ClN3O3. The molecule has 0 spiro atoms. The van der Waals surface area contributed by atoms with Crippen molar-refractivity contribution in [1.29, 1.82) is 0 Å². The second kappa shape index (κ2) is 7.00. The van der Waals surface area contributed by atoms with Crippen LogP contribution in [0.4, 0.5) is 16.2 Å². The lowest BCUT2D eigenvalue weighted by Gasteiger charge is -2.10. The molecule has 0 saturated carbocycles. The van der Waals surface area contributed by atoms with Crippen molar-refractivity contribution in [2.24, 2.45) is 0 Å². The average molecular weight is 322 g/mol. The van der Waals surface area contributed by atoms with E-state index >= 15 is 0 Å². The van der Waals surface area contributed by atoms with E-state index in [2.05, 4.69) is 16.0 Å². The summed E-state index contributed by atoms with van der Waals surface area (Å²) in [6, 6.07) is 9.48. The number of amides is 3. The molecule has 0 aliphatic carbocycles. The summed E-state index contributed by atoms with van der Waals surface area (Å²) in [7, 11) is 0. The Labute approximate surface area is 132 Å². The van der Waals surface area contributed by atoms with E-state index in [1.54, 1.807) is 24.3 Å². The molecule has 3 amide bonds. The average Bonchev–Trinajstić information content (AvgIpc) is 2.87. The predicted octanol–water partition coefficient (Wildman–Crippen LogP) is 3.72. The van der Waals surface area contributed by atoms with Crippen LogP contribution in [0, 0.1) is 0 Å². The van der Waals surface area contributed by atoms with Crippen molar-refractivity contribution in [2.45, 2.75) is 19.9 Å². The quantitative estimate of drug-likeness (QED) is 0.802. The van der Waals surface area contributed by atoms with Crippen LogP contribution in [0.3, 0.4) is 0 Å². The zero-order valence-electron chi connectivity index (χ0n) is 12.1. The van der Waals surface area contributed by atoms with Crippen LogP contribution in [0.1, 0.15) is 24.4 Å². The molecule has 2 aromatic rings. The fraction of sp³-hybridized carbons (Fsp3) is 0.200. The summed E-state index contributed by atoms with van der Waals surface area (Å²) >= 11 is 5.62. The first-order valence-electron chi connectivity index (χ1n) is 6.68. The number of anilines is 2. The third-order valence-corrected chi connectivity index (χ3v) is 2.82. The second-order valence-corrected chi connectivity index (χ2v) is 5.26. The Morgan fingerprint density at radius 2 is 1.59 bits per heavy atom. The molecule has 0 bridgehead atoms. The first-order valence-corrected chi connectivity index (χ1v) is 7.06. The third kappa shape index (κ3) is 4.53. The zero-order valence-corrected chi connectivity index (χ0v) is 12.9. The molecule has 22 heavy (non-hydrogen) atoms. The number of urea groups is 1. The summed E-state index contributed by atoms with van der Waals surface area (Å²) in [4.78, 5) is 23.4. The standard InChI is InChI=1S/C15H16ClN3O3/c1-9(2)17-15(21)19-11-5-3-10(4-6-11)18-14(20)12-7-8-13(16)22-12/h3-9H,1-2H3,(H,18,20)(H2,17,19,21). The van der Waals surface area contributed by atoms with Crippen LogP contribution >= 0.6 is 11.6 Å². The molecule has 0 atom stereocenters. The van der Waals surface area contributed by atoms with Crippen LogP contribution in [0.15, 0.2) is 40.8 Å². The Kier molecular flexibility index (Phi) is 5.06. The fourth-order valence-electron chi connectivity index (χ4n) is 1.70. The summed E-state index contributed by atoms with van der Waals surface area (Å²) in [5.74, 6) is -0.270. The predicted molar refractivity (Wildman–Crippen MR) is 85.4 cm³/mol. The van der Waals surface area contributed by atoms with E-state index < -0.39 is 5.91 Å². The maximum absolute atomic E-state index is 11.9. The largest absolute Gasteiger partial charge is 0.440 e. The maximum atomic E-state index is 11.9. The Hall–Kier alpha value is -2.47. The van der Waals surface area contributed by atoms with Gasteiger partial charge < -0.3 is 20.4 Å². The molecule has 2 rings (SSSR count). The lowest BCUT2D eigenvalue weighted by Crippen LogP contribution is -2.34. The lowest BCUT2D eigenvalue weighted by molar-refractivity contribution is 0.0996. The molecule has 0 fully saturated rings. The van der Waals surface area contributed by atoms with Gasteiger partial charge in [0.05, 0.1) is 0 Å². The molecule has 6 nitrogen and oxygen atoms in total. The van der Waals surface area contributed by atoms with Gasteiger partial charge in [0.2, 0.25) is 0 Å². The van der Waals surface area contributed by atoms with Gasteiger partial charge in [-0.25, -0.2) is 4.79 Å². The van der Waals surface area contributed by atoms with Gasteiger partial charge in [-0.1, -0.05) is 0 Å². The number of hydrogen-bond acceptors (Lipinski definition) is 3. The van der Waals surface area contributed by atoms with Crippen molar-refractivity contribution in [3.8, 4) is 0 Å². The number of carbonyl (C=O) groups excluding carboxylic acids is 2. The minimum absolute atomic E-state index is 0.0543. The topological polar surface area (TPSA) is 83.4 Å². The van der Waals surface area contributed by atoms with Gasteiger partial charge in [-0.05, 0) is 61.8 Å². The fourth-order valence-corrected chi connectivity index (χ4v) is 1.84. The van der Waals surface area contributed by atoms with E-state index in [1.165, 1.54) is 12.1 Å². The third-order valence-electron chi connectivity index (χ3n) is 2.62. The van der Waals surface area contributed by atoms with Gasteiger partial charge in [0, 0.05) is 17.4 Å². The minimum Gasteiger partial charge on any atom is -0.440 e. The number of benzene rings is 1. The summed E-state index contributed by atoms with van der Waals surface area (Å²) in [6.45, 7) is 3.75. The summed E-state index contributed by atoms with van der Waals surface area (Å²) in [6.07, 6.45) is 0. The number of hydrogen-bond donors (Lipinski definition) is 3. The molecule has 0 aliphatic heterocycles. The molecule has 1 aromatic heterocycles. The summed E-state index contributed by atoms with van der Waals surface area (Å²) in [5, 5.41) is 8.23. The van der Waals surface area contributed by atoms with Crippen molar-refractivity contribution in [3.05, 3.63) is 47.4 Å². The molecule has 116 valence electrons. The molecular weight excluding hydrogens is 306 g/mol. The molecule has 0 unspecified atom stereocenters. The van der Waals surface area contributed by atoms with E-state index in [0.29, 0.717) is 11.4 Å². The summed E-state index contributed by atoms with van der Waals surface area (Å²) in [5.41, 5.74) is 1.20. The van der Waals surface area contributed by atoms with Gasteiger partial charge in [-0.3, -0.25) is 4.79 Å². The normalized spacial score (nSPS) is 10.4. The van der Waals surface area contributed by atoms with Gasteiger partial charge in [-0.2, -0.15) is 0 Å². The van der Waals surface area contributed by atoms with E-state index in [4.69, 9.17) is 16.0 Å². The van der Waals surface area contributed by atoms with Crippen LogP contribution in [0.25, 0.3) is 0 Å². The molecule has 0 saturated heterocycles. The van der Waals surface area contributed by atoms with E-state index in [9.17, 15) is 9.59 Å². The van der Waals surface area contributed by atoms with Crippen LogP contribution in [-0.4, -0.2) is 18.0 Å². The first kappa shape index (κ1) is 15.9. The van der Waals surface area contributed by atoms with Crippen LogP contribution in [0.5, 0.6) is 0 Å². The Morgan fingerprint density at radius 3 is 2.09 bits per heavy atom. The molecule has 1 aromatic carbocycles. The van der Waals surface area contributed by atoms with E-state index in [0.717, 1.165) is 0 Å². The Morgan fingerprint density at radius 1 is 1.00 bits per heavy atom. The summed E-state index contributed by atoms with van der Waals surface area (Å²) < 4.78 is 5.02. The SMILES string of the molecule is CC(C)NC(=O)Nc1ccc(NC(=O)c2ccc(Cl)o2)cc1. The highest BCUT2D eigenvalue weighted by Crippen LogP contribution is 2.17. The highest BCUT2D eigenvalue weighted by molar-refractivity contribution is 6.29. The Bertz CT molecular complexity index is 665. The minimum atomic E-state index is -0.398. The molecule has 7 heteroatoms. The van der Waals surface area contributed by atoms with Gasteiger partial charge in [0.25, 0.3) is 5.91 Å².